The van der Waals surface area contributed by atoms with Crippen LogP contribution < -0.4 is 5.32 Å². The van der Waals surface area contributed by atoms with Gasteiger partial charge in [-0.15, -0.1) is 0 Å². The van der Waals surface area contributed by atoms with Gasteiger partial charge < -0.3 is 14.8 Å². The fourth-order valence-electron chi connectivity index (χ4n) is 2.34. The summed E-state index contributed by atoms with van der Waals surface area (Å²) in [7, 11) is 0. The van der Waals surface area contributed by atoms with Gasteiger partial charge in [-0.2, -0.15) is 0 Å². The minimum absolute atomic E-state index is 0.359. The summed E-state index contributed by atoms with van der Waals surface area (Å²) in [5.41, 5.74) is 0.0176. The number of carbonyl (C=O) groups is 2. The van der Waals surface area contributed by atoms with Crippen LogP contribution >= 0.6 is 0 Å². The molecule has 0 radical (unpaired) electrons. The van der Waals surface area contributed by atoms with Crippen molar-refractivity contribution in [2.75, 3.05) is 6.54 Å². The SMILES string of the molecule is CCCCC#CC(CCCCNC(=O)OC(C)(C)C)OC(=O)c1ccccc1. The molecule has 28 heavy (non-hydrogen) atoms. The Morgan fingerprint density at radius 1 is 1.11 bits per heavy atom. The maximum absolute atomic E-state index is 12.3. The lowest BCUT2D eigenvalue weighted by Gasteiger charge is -2.19. The van der Waals surface area contributed by atoms with E-state index in [1.54, 1.807) is 24.3 Å². The smallest absolute Gasteiger partial charge is 0.407 e. The van der Waals surface area contributed by atoms with E-state index in [0.29, 0.717) is 18.5 Å². The molecular formula is C23H33NO4. The van der Waals surface area contributed by atoms with Crippen molar-refractivity contribution in [1.29, 1.82) is 0 Å². The van der Waals surface area contributed by atoms with Crippen LogP contribution in [0.15, 0.2) is 30.3 Å². The molecule has 1 N–H and O–H groups in total. The largest absolute Gasteiger partial charge is 0.446 e. The summed E-state index contributed by atoms with van der Waals surface area (Å²) in [4.78, 5) is 23.9. The van der Waals surface area contributed by atoms with Crippen LogP contribution in [0, 0.1) is 11.8 Å². The number of carbonyl (C=O) groups excluding carboxylic acids is 2. The van der Waals surface area contributed by atoms with Crippen LogP contribution in [0.4, 0.5) is 4.79 Å². The molecule has 1 aromatic rings. The Morgan fingerprint density at radius 2 is 1.82 bits per heavy atom. The molecule has 0 bridgehead atoms. The Bertz CT molecular complexity index is 653. The molecule has 5 heteroatoms. The van der Waals surface area contributed by atoms with Gasteiger partial charge in [-0.3, -0.25) is 0 Å². The van der Waals surface area contributed by atoms with Crippen molar-refractivity contribution in [3.63, 3.8) is 0 Å². The first-order valence-corrected chi connectivity index (χ1v) is 10.0. The summed E-state index contributed by atoms with van der Waals surface area (Å²) in [6.07, 6.45) is 4.24. The highest BCUT2D eigenvalue weighted by Crippen LogP contribution is 2.10. The molecule has 0 heterocycles. The predicted molar refractivity (Wildman–Crippen MR) is 111 cm³/mol. The van der Waals surface area contributed by atoms with Gasteiger partial charge in [-0.1, -0.05) is 43.4 Å². The number of unbranched alkanes of at least 4 members (excludes halogenated alkanes) is 3. The standard InChI is InChI=1S/C23H33NO4/c1-5-6-7-11-16-20(27-21(25)19-14-9-8-10-15-19)17-12-13-18-24-22(26)28-23(2,3)4/h8-10,14-15,20H,5-7,12-13,17-18H2,1-4H3,(H,24,26). The average molecular weight is 388 g/mol. The lowest BCUT2D eigenvalue weighted by Crippen LogP contribution is -2.33. The molecule has 154 valence electrons. The minimum Gasteiger partial charge on any atom is -0.446 e. The minimum atomic E-state index is -0.505. The Labute approximate surface area is 169 Å². The number of hydrogen-bond acceptors (Lipinski definition) is 4. The molecule has 0 spiro atoms. The van der Waals surface area contributed by atoms with Crippen molar-refractivity contribution >= 4 is 12.1 Å². The van der Waals surface area contributed by atoms with Crippen molar-refractivity contribution in [3.8, 4) is 11.8 Å². The highest BCUT2D eigenvalue weighted by atomic mass is 16.6. The van der Waals surface area contributed by atoms with Gasteiger partial charge in [0.1, 0.15) is 5.60 Å². The highest BCUT2D eigenvalue weighted by Gasteiger charge is 2.16. The summed E-state index contributed by atoms with van der Waals surface area (Å²) in [5.74, 6) is 5.83. The quantitative estimate of drug-likeness (QED) is 0.364. The fraction of sp³-hybridized carbons (Fsp3) is 0.565. The number of amides is 1. The van der Waals surface area contributed by atoms with Crippen LogP contribution in [0.3, 0.4) is 0 Å². The van der Waals surface area contributed by atoms with Gasteiger partial charge in [0.25, 0.3) is 0 Å². The number of alkyl carbamates (subject to hydrolysis) is 1. The van der Waals surface area contributed by atoms with E-state index in [1.807, 2.05) is 26.8 Å². The van der Waals surface area contributed by atoms with Gasteiger partial charge in [0.15, 0.2) is 6.10 Å². The topological polar surface area (TPSA) is 64.6 Å². The highest BCUT2D eigenvalue weighted by molar-refractivity contribution is 5.89. The number of hydrogen-bond donors (Lipinski definition) is 1. The maximum Gasteiger partial charge on any atom is 0.407 e. The van der Waals surface area contributed by atoms with Crippen LogP contribution in [0.1, 0.15) is 76.6 Å². The van der Waals surface area contributed by atoms with E-state index in [9.17, 15) is 9.59 Å². The first-order chi connectivity index (χ1) is 13.3. The molecule has 5 nitrogen and oxygen atoms in total. The molecule has 1 atom stereocenters. The van der Waals surface area contributed by atoms with Crippen molar-refractivity contribution < 1.29 is 19.1 Å². The van der Waals surface area contributed by atoms with Gasteiger partial charge in [0, 0.05) is 13.0 Å². The Balaban J connectivity index is 2.46. The molecule has 1 amide bonds. The molecule has 0 aromatic heterocycles. The molecule has 0 aliphatic rings. The lowest BCUT2D eigenvalue weighted by atomic mass is 10.1. The predicted octanol–water partition coefficient (Wildman–Crippen LogP) is 5.10. The van der Waals surface area contributed by atoms with E-state index >= 15 is 0 Å². The lowest BCUT2D eigenvalue weighted by molar-refractivity contribution is 0.0393. The third-order valence-corrected chi connectivity index (χ3v) is 3.74. The molecule has 0 aliphatic heterocycles. The van der Waals surface area contributed by atoms with E-state index in [0.717, 1.165) is 32.1 Å². The van der Waals surface area contributed by atoms with Crippen molar-refractivity contribution in [3.05, 3.63) is 35.9 Å². The van der Waals surface area contributed by atoms with Gasteiger partial charge in [0.2, 0.25) is 0 Å². The molecule has 0 fully saturated rings. The molecule has 1 rings (SSSR count). The van der Waals surface area contributed by atoms with E-state index in [2.05, 4.69) is 24.1 Å². The second kappa shape index (κ2) is 12.8. The normalized spacial score (nSPS) is 11.7. The van der Waals surface area contributed by atoms with Gasteiger partial charge >= 0.3 is 12.1 Å². The fourth-order valence-corrected chi connectivity index (χ4v) is 2.34. The molecule has 1 aromatic carbocycles. The zero-order valence-corrected chi connectivity index (χ0v) is 17.5. The summed E-state index contributed by atoms with van der Waals surface area (Å²) in [6.45, 7) is 8.12. The third-order valence-electron chi connectivity index (χ3n) is 3.74. The Kier molecular flexibility index (Phi) is 10.8. The number of nitrogens with one attached hydrogen (secondary N) is 1. The maximum atomic E-state index is 12.3. The van der Waals surface area contributed by atoms with Gasteiger partial charge in [0.05, 0.1) is 5.56 Å². The number of rotatable bonds is 9. The molecule has 0 aliphatic carbocycles. The first kappa shape index (κ1) is 23.6. The summed E-state index contributed by atoms with van der Waals surface area (Å²) in [6, 6.07) is 8.93. The number of ether oxygens (including phenoxy) is 2. The van der Waals surface area contributed by atoms with Crippen LogP contribution in [-0.2, 0) is 9.47 Å². The number of benzene rings is 1. The molecular weight excluding hydrogens is 354 g/mol. The number of esters is 1. The van der Waals surface area contributed by atoms with E-state index in [-0.39, 0.29) is 5.97 Å². The Morgan fingerprint density at radius 3 is 2.46 bits per heavy atom. The zero-order valence-electron chi connectivity index (χ0n) is 17.5. The van der Waals surface area contributed by atoms with E-state index in [4.69, 9.17) is 9.47 Å². The van der Waals surface area contributed by atoms with Gasteiger partial charge in [-0.25, -0.2) is 9.59 Å². The van der Waals surface area contributed by atoms with Crippen LogP contribution in [0.5, 0.6) is 0 Å². The van der Waals surface area contributed by atoms with Crippen molar-refractivity contribution in [2.24, 2.45) is 0 Å². The second-order valence-electron chi connectivity index (χ2n) is 7.61. The third kappa shape index (κ3) is 11.3. The summed E-state index contributed by atoms with van der Waals surface area (Å²) in [5, 5.41) is 2.73. The molecule has 0 saturated heterocycles. The van der Waals surface area contributed by atoms with Crippen molar-refractivity contribution in [2.45, 2.75) is 77.9 Å². The van der Waals surface area contributed by atoms with Crippen LogP contribution in [-0.4, -0.2) is 30.3 Å². The van der Waals surface area contributed by atoms with E-state index in [1.165, 1.54) is 0 Å². The van der Waals surface area contributed by atoms with Crippen LogP contribution in [0.25, 0.3) is 0 Å². The van der Waals surface area contributed by atoms with E-state index < -0.39 is 17.8 Å². The van der Waals surface area contributed by atoms with Gasteiger partial charge in [-0.05, 0) is 58.6 Å². The zero-order chi connectivity index (χ0) is 20.8. The second-order valence-corrected chi connectivity index (χ2v) is 7.61. The molecule has 1 unspecified atom stereocenters. The van der Waals surface area contributed by atoms with Crippen molar-refractivity contribution in [1.82, 2.24) is 5.32 Å². The summed E-state index contributed by atoms with van der Waals surface area (Å²) >= 11 is 0. The first-order valence-electron chi connectivity index (χ1n) is 10.0. The Hall–Kier alpha value is -2.48. The average Bonchev–Trinajstić information content (AvgIpc) is 2.63. The monoisotopic (exact) mass is 387 g/mol. The summed E-state index contributed by atoms with van der Waals surface area (Å²) < 4.78 is 10.8. The van der Waals surface area contributed by atoms with Crippen LogP contribution in [0.2, 0.25) is 0 Å². The molecule has 0 saturated carbocycles.